The number of para-hydroxylation sites is 1. The van der Waals surface area contributed by atoms with Gasteiger partial charge in [0.15, 0.2) is 0 Å². The molecule has 1 heteroatoms. The van der Waals surface area contributed by atoms with Crippen LogP contribution in [0, 0.1) is 0 Å². The average Bonchev–Trinajstić information content (AvgIpc) is 3.82. The Labute approximate surface area is 400 Å². The summed E-state index contributed by atoms with van der Waals surface area (Å²) in [6.07, 6.45) is 0. The zero-order chi connectivity index (χ0) is 45.8. The van der Waals surface area contributed by atoms with Crippen molar-refractivity contribution in [2.24, 2.45) is 0 Å². The molecule has 324 valence electrons. The van der Waals surface area contributed by atoms with Crippen LogP contribution in [0.25, 0.3) is 55.6 Å². The smallest absolute Gasteiger partial charge is 0.0719 e. The molecule has 0 saturated carbocycles. The zero-order valence-corrected chi connectivity index (χ0v) is 39.0. The van der Waals surface area contributed by atoms with E-state index in [1.165, 1.54) is 100 Å². The molecule has 3 aliphatic rings. The molecule has 0 saturated heterocycles. The van der Waals surface area contributed by atoms with Gasteiger partial charge in [-0.1, -0.05) is 228 Å². The summed E-state index contributed by atoms with van der Waals surface area (Å²) in [7, 11) is 0. The van der Waals surface area contributed by atoms with Crippen molar-refractivity contribution in [2.45, 2.75) is 43.9 Å². The molecule has 0 unspecified atom stereocenters. The normalized spacial score (nSPS) is 14.8. The van der Waals surface area contributed by atoms with Crippen molar-refractivity contribution in [1.82, 2.24) is 0 Å². The lowest BCUT2D eigenvalue weighted by atomic mass is 9.55. The van der Waals surface area contributed by atoms with E-state index in [-0.39, 0.29) is 10.8 Å². The highest BCUT2D eigenvalue weighted by molar-refractivity contribution is 5.98. The molecular weight excluding hydrogens is 819 g/mol. The molecule has 0 fully saturated rings. The Hall–Kier alpha value is -8.00. The molecule has 0 heterocycles. The lowest BCUT2D eigenvalue weighted by molar-refractivity contribution is 0.563. The van der Waals surface area contributed by atoms with Gasteiger partial charge in [-0.25, -0.2) is 0 Å². The Kier molecular flexibility index (Phi) is 8.89. The van der Waals surface area contributed by atoms with Crippen LogP contribution in [0.5, 0.6) is 0 Å². The zero-order valence-electron chi connectivity index (χ0n) is 39.0. The van der Waals surface area contributed by atoms with Gasteiger partial charge in [0.2, 0.25) is 0 Å². The highest BCUT2D eigenvalue weighted by atomic mass is 15.1. The summed E-state index contributed by atoms with van der Waals surface area (Å²) in [4.78, 5) is 2.45. The molecule has 0 atom stereocenters. The van der Waals surface area contributed by atoms with Crippen LogP contribution in [0.1, 0.15) is 72.2 Å². The second kappa shape index (κ2) is 15.0. The van der Waals surface area contributed by atoms with Crippen molar-refractivity contribution in [3.63, 3.8) is 0 Å². The standard InChI is InChI=1S/C67H51N/c1-65(2)56-28-14-16-30-58(56)67(59-31-17-15-29-57(59)65)55-27-13-11-25-54(55)64-51(26-19-32-60(64)67)47-36-40-52-53-41-39-49(43-62(53)66(3,4)61(52)42-47)68(48-37-34-45(35-38-48)44-20-7-5-8-21-44)63-33-18-12-24-50(63)46-22-9-6-10-23-46/h5-43H,1-4H3. The number of anilines is 3. The summed E-state index contributed by atoms with van der Waals surface area (Å²) in [5.41, 5.74) is 26.2. The number of nitrogens with zero attached hydrogens (tertiary/aromatic N) is 1. The van der Waals surface area contributed by atoms with E-state index >= 15 is 0 Å². The van der Waals surface area contributed by atoms with Gasteiger partial charge in [-0.15, -0.1) is 0 Å². The van der Waals surface area contributed by atoms with Crippen molar-refractivity contribution < 1.29 is 0 Å². The third-order valence-electron chi connectivity index (χ3n) is 15.8. The summed E-state index contributed by atoms with van der Waals surface area (Å²) < 4.78 is 0. The van der Waals surface area contributed by atoms with Crippen LogP contribution in [0.4, 0.5) is 17.1 Å². The third-order valence-corrected chi connectivity index (χ3v) is 15.8. The summed E-state index contributed by atoms with van der Waals surface area (Å²) >= 11 is 0. The minimum atomic E-state index is -0.430. The van der Waals surface area contributed by atoms with E-state index in [9.17, 15) is 0 Å². The number of benzene rings is 10. The Bertz CT molecular complexity index is 3560. The highest BCUT2D eigenvalue weighted by Crippen LogP contribution is 2.63. The van der Waals surface area contributed by atoms with Crippen molar-refractivity contribution in [2.75, 3.05) is 4.90 Å². The third kappa shape index (κ3) is 5.69. The van der Waals surface area contributed by atoms with Gasteiger partial charge in [-0.3, -0.25) is 0 Å². The van der Waals surface area contributed by atoms with Crippen LogP contribution >= 0.6 is 0 Å². The fourth-order valence-electron chi connectivity index (χ4n) is 12.6. The summed E-state index contributed by atoms with van der Waals surface area (Å²) in [5, 5.41) is 0. The van der Waals surface area contributed by atoms with Crippen LogP contribution in [0.15, 0.2) is 237 Å². The highest BCUT2D eigenvalue weighted by Gasteiger charge is 2.53. The molecule has 10 aromatic rings. The Morgan fingerprint density at radius 3 is 1.40 bits per heavy atom. The molecular formula is C67H51N. The summed E-state index contributed by atoms with van der Waals surface area (Å²) in [5.74, 6) is 0. The molecule has 0 aromatic heterocycles. The van der Waals surface area contributed by atoms with Gasteiger partial charge in [0.1, 0.15) is 0 Å². The van der Waals surface area contributed by atoms with E-state index in [1.807, 2.05) is 0 Å². The summed E-state index contributed by atoms with van der Waals surface area (Å²) in [6.45, 7) is 9.62. The Morgan fingerprint density at radius 2 is 0.721 bits per heavy atom. The maximum Gasteiger partial charge on any atom is 0.0719 e. The van der Waals surface area contributed by atoms with Gasteiger partial charge < -0.3 is 4.90 Å². The Morgan fingerprint density at radius 1 is 0.265 bits per heavy atom. The van der Waals surface area contributed by atoms with Gasteiger partial charge in [0.05, 0.1) is 11.1 Å². The molecule has 0 aliphatic heterocycles. The van der Waals surface area contributed by atoms with Crippen molar-refractivity contribution in [1.29, 1.82) is 0 Å². The van der Waals surface area contributed by atoms with Gasteiger partial charge in [0, 0.05) is 27.8 Å². The van der Waals surface area contributed by atoms with E-state index in [0.717, 1.165) is 17.1 Å². The number of fused-ring (bicyclic) bond motifs is 12. The average molecular weight is 870 g/mol. The second-order valence-electron chi connectivity index (χ2n) is 20.0. The Balaban J connectivity index is 0.952. The van der Waals surface area contributed by atoms with Gasteiger partial charge in [0.25, 0.3) is 0 Å². The van der Waals surface area contributed by atoms with Crippen LogP contribution < -0.4 is 4.90 Å². The second-order valence-corrected chi connectivity index (χ2v) is 20.0. The van der Waals surface area contributed by atoms with E-state index in [0.29, 0.717) is 0 Å². The first-order valence-electron chi connectivity index (χ1n) is 24.1. The molecule has 1 nitrogen and oxygen atoms in total. The first kappa shape index (κ1) is 40.3. The monoisotopic (exact) mass is 869 g/mol. The fourth-order valence-corrected chi connectivity index (χ4v) is 12.6. The quantitative estimate of drug-likeness (QED) is 0.161. The maximum absolute atomic E-state index is 2.51. The topological polar surface area (TPSA) is 3.24 Å². The molecule has 13 rings (SSSR count). The fraction of sp³-hybridized carbons (Fsp3) is 0.104. The molecule has 10 aromatic carbocycles. The van der Waals surface area contributed by atoms with Crippen molar-refractivity contribution >= 4 is 17.1 Å². The largest absolute Gasteiger partial charge is 0.310 e. The van der Waals surface area contributed by atoms with Crippen LogP contribution in [-0.2, 0) is 16.2 Å². The van der Waals surface area contributed by atoms with E-state index in [1.54, 1.807) is 0 Å². The van der Waals surface area contributed by atoms with E-state index in [2.05, 4.69) is 269 Å². The SMILES string of the molecule is CC1(C)c2cc(-c3cccc4c3-c3ccccc3C43c4ccccc4C(C)(C)c4ccccc43)ccc2-c2ccc(N(c3ccc(-c4ccccc4)cc3)c3ccccc3-c3ccccc3)cc21. The summed E-state index contributed by atoms with van der Waals surface area (Å²) in [6, 6.07) is 88.5. The van der Waals surface area contributed by atoms with Gasteiger partial charge in [-0.05, 0) is 131 Å². The lowest BCUT2D eigenvalue weighted by Crippen LogP contribution is -2.40. The number of hydrogen-bond donors (Lipinski definition) is 0. The van der Waals surface area contributed by atoms with E-state index in [4.69, 9.17) is 0 Å². The predicted molar refractivity (Wildman–Crippen MR) is 284 cm³/mol. The molecule has 0 amide bonds. The number of hydrogen-bond acceptors (Lipinski definition) is 1. The van der Waals surface area contributed by atoms with Crippen LogP contribution in [-0.4, -0.2) is 0 Å². The van der Waals surface area contributed by atoms with E-state index < -0.39 is 5.41 Å². The lowest BCUT2D eigenvalue weighted by Gasteiger charge is -2.46. The first-order chi connectivity index (χ1) is 33.3. The molecule has 3 aliphatic carbocycles. The molecule has 68 heavy (non-hydrogen) atoms. The molecule has 0 radical (unpaired) electrons. The van der Waals surface area contributed by atoms with Gasteiger partial charge >= 0.3 is 0 Å². The van der Waals surface area contributed by atoms with Crippen molar-refractivity contribution in [3.8, 4) is 55.6 Å². The first-order valence-corrected chi connectivity index (χ1v) is 24.1. The molecule has 0 bridgehead atoms. The minimum Gasteiger partial charge on any atom is -0.310 e. The van der Waals surface area contributed by atoms with Crippen LogP contribution in [0.3, 0.4) is 0 Å². The molecule has 0 N–H and O–H groups in total. The minimum absolute atomic E-state index is 0.135. The maximum atomic E-state index is 2.51. The van der Waals surface area contributed by atoms with Crippen molar-refractivity contribution in [3.05, 3.63) is 281 Å². The van der Waals surface area contributed by atoms with Crippen LogP contribution in [0.2, 0.25) is 0 Å². The number of rotatable bonds is 6. The van der Waals surface area contributed by atoms with Gasteiger partial charge in [-0.2, -0.15) is 0 Å². The predicted octanol–water partition coefficient (Wildman–Crippen LogP) is 17.5. The molecule has 1 spiro atoms.